The molecule has 0 spiro atoms. The minimum absolute atomic E-state index is 0.000190. The number of rotatable bonds is 7. The SMILES string of the molecule is O=C(Cc1ccc(F)cc1)N[C@@H](Cc1ccccc1)c1nc(-c2cccc(C(F)(F)F)c2)no1. The summed E-state index contributed by atoms with van der Waals surface area (Å²) in [5.74, 6) is -0.721. The third-order valence-corrected chi connectivity index (χ3v) is 5.08. The molecule has 0 aliphatic heterocycles. The van der Waals surface area contributed by atoms with Crippen LogP contribution in [0, 0.1) is 5.82 Å². The molecular weight excluding hydrogens is 450 g/mol. The number of halogens is 4. The number of amides is 1. The fraction of sp³-hybridized carbons (Fsp3) is 0.160. The van der Waals surface area contributed by atoms with Gasteiger partial charge in [0, 0.05) is 12.0 Å². The van der Waals surface area contributed by atoms with Crippen LogP contribution in [0.3, 0.4) is 0 Å². The van der Waals surface area contributed by atoms with Gasteiger partial charge in [0.05, 0.1) is 12.0 Å². The van der Waals surface area contributed by atoms with E-state index < -0.39 is 23.6 Å². The Labute approximate surface area is 192 Å². The minimum Gasteiger partial charge on any atom is -0.344 e. The molecule has 174 valence electrons. The van der Waals surface area contributed by atoms with Crippen molar-refractivity contribution in [1.29, 1.82) is 0 Å². The first kappa shape index (κ1) is 23.2. The molecule has 0 unspecified atom stereocenters. The summed E-state index contributed by atoms with van der Waals surface area (Å²) in [6.07, 6.45) is -4.19. The van der Waals surface area contributed by atoms with E-state index in [0.717, 1.165) is 17.7 Å². The molecule has 0 radical (unpaired) electrons. The molecule has 34 heavy (non-hydrogen) atoms. The molecule has 1 aromatic heterocycles. The van der Waals surface area contributed by atoms with Gasteiger partial charge in [-0.3, -0.25) is 4.79 Å². The second-order valence-corrected chi connectivity index (χ2v) is 7.65. The van der Waals surface area contributed by atoms with Crippen LogP contribution >= 0.6 is 0 Å². The van der Waals surface area contributed by atoms with E-state index in [1.165, 1.54) is 36.4 Å². The topological polar surface area (TPSA) is 68.0 Å². The van der Waals surface area contributed by atoms with Crippen LogP contribution in [0.25, 0.3) is 11.4 Å². The van der Waals surface area contributed by atoms with Crippen molar-refractivity contribution in [3.63, 3.8) is 0 Å². The lowest BCUT2D eigenvalue weighted by molar-refractivity contribution is -0.137. The maximum absolute atomic E-state index is 13.1. The van der Waals surface area contributed by atoms with Gasteiger partial charge in [0.15, 0.2) is 0 Å². The molecule has 0 fully saturated rings. The molecule has 3 aromatic carbocycles. The number of hydrogen-bond acceptors (Lipinski definition) is 4. The summed E-state index contributed by atoms with van der Waals surface area (Å²) < 4.78 is 57.7. The number of hydrogen-bond donors (Lipinski definition) is 1. The Morgan fingerprint density at radius 1 is 0.941 bits per heavy atom. The van der Waals surface area contributed by atoms with Crippen LogP contribution in [0.1, 0.15) is 28.6 Å². The number of alkyl halides is 3. The lowest BCUT2D eigenvalue weighted by Crippen LogP contribution is -2.31. The van der Waals surface area contributed by atoms with Gasteiger partial charge in [-0.2, -0.15) is 18.2 Å². The maximum atomic E-state index is 13.1. The monoisotopic (exact) mass is 469 g/mol. The third-order valence-electron chi connectivity index (χ3n) is 5.08. The number of benzene rings is 3. The highest BCUT2D eigenvalue weighted by molar-refractivity contribution is 5.79. The summed E-state index contributed by atoms with van der Waals surface area (Å²) in [7, 11) is 0. The zero-order chi connectivity index (χ0) is 24.1. The van der Waals surface area contributed by atoms with Crippen molar-refractivity contribution >= 4 is 5.91 Å². The Morgan fingerprint density at radius 3 is 2.38 bits per heavy atom. The Morgan fingerprint density at radius 2 is 1.68 bits per heavy atom. The third kappa shape index (κ3) is 5.86. The average Bonchev–Trinajstić information content (AvgIpc) is 3.31. The number of carbonyl (C=O) groups is 1. The van der Waals surface area contributed by atoms with Gasteiger partial charge in [-0.05, 0) is 35.4 Å². The lowest BCUT2D eigenvalue weighted by atomic mass is 10.0. The molecule has 0 saturated heterocycles. The van der Waals surface area contributed by atoms with Crippen molar-refractivity contribution in [3.05, 3.63) is 107 Å². The van der Waals surface area contributed by atoms with Gasteiger partial charge in [-0.25, -0.2) is 4.39 Å². The summed E-state index contributed by atoms with van der Waals surface area (Å²) in [5, 5.41) is 6.66. The Bertz CT molecular complexity index is 1260. The van der Waals surface area contributed by atoms with Crippen molar-refractivity contribution in [2.45, 2.75) is 25.1 Å². The minimum atomic E-state index is -4.51. The smallest absolute Gasteiger partial charge is 0.344 e. The molecule has 9 heteroatoms. The van der Waals surface area contributed by atoms with Gasteiger partial charge in [-0.1, -0.05) is 59.8 Å². The van der Waals surface area contributed by atoms with Crippen molar-refractivity contribution in [2.24, 2.45) is 0 Å². The second kappa shape index (κ2) is 9.86. The van der Waals surface area contributed by atoms with Crippen LogP contribution in [-0.4, -0.2) is 16.0 Å². The quantitative estimate of drug-likeness (QED) is 0.361. The highest BCUT2D eigenvalue weighted by atomic mass is 19.4. The van der Waals surface area contributed by atoms with E-state index in [1.54, 1.807) is 0 Å². The number of nitrogens with one attached hydrogen (secondary N) is 1. The van der Waals surface area contributed by atoms with Crippen LogP contribution in [0.4, 0.5) is 17.6 Å². The van der Waals surface area contributed by atoms with Crippen molar-refractivity contribution < 1.29 is 26.9 Å². The molecule has 5 nitrogen and oxygen atoms in total. The summed E-state index contributed by atoms with van der Waals surface area (Å²) in [4.78, 5) is 16.9. The summed E-state index contributed by atoms with van der Waals surface area (Å²) in [5.41, 5.74) is 0.812. The van der Waals surface area contributed by atoms with E-state index in [9.17, 15) is 22.4 Å². The summed E-state index contributed by atoms with van der Waals surface area (Å²) in [6.45, 7) is 0. The van der Waals surface area contributed by atoms with Crippen LogP contribution in [0.2, 0.25) is 0 Å². The van der Waals surface area contributed by atoms with Gasteiger partial charge in [-0.15, -0.1) is 0 Å². The maximum Gasteiger partial charge on any atom is 0.416 e. The molecule has 0 aliphatic rings. The van der Waals surface area contributed by atoms with E-state index in [1.807, 2.05) is 30.3 Å². The van der Waals surface area contributed by atoms with E-state index in [4.69, 9.17) is 4.52 Å². The fourth-order valence-electron chi connectivity index (χ4n) is 3.41. The standard InChI is InChI=1S/C25H19F4N3O2/c26-20-11-9-17(10-12-20)14-22(33)30-21(13-16-5-2-1-3-6-16)24-31-23(32-34-24)18-7-4-8-19(15-18)25(27,28)29/h1-12,15,21H,13-14H2,(H,30,33)/t21-/m0/s1. The molecule has 1 atom stereocenters. The molecule has 1 amide bonds. The van der Waals surface area contributed by atoms with E-state index >= 15 is 0 Å². The first-order valence-electron chi connectivity index (χ1n) is 10.4. The number of aromatic nitrogens is 2. The molecule has 0 bridgehead atoms. The zero-order valence-electron chi connectivity index (χ0n) is 17.7. The second-order valence-electron chi connectivity index (χ2n) is 7.65. The normalized spacial score (nSPS) is 12.4. The van der Waals surface area contributed by atoms with E-state index in [-0.39, 0.29) is 29.6 Å². The first-order valence-corrected chi connectivity index (χ1v) is 10.4. The molecule has 4 rings (SSSR count). The van der Waals surface area contributed by atoms with Crippen LogP contribution < -0.4 is 5.32 Å². The van der Waals surface area contributed by atoms with Gasteiger partial charge >= 0.3 is 6.18 Å². The van der Waals surface area contributed by atoms with Gasteiger partial charge in [0.1, 0.15) is 11.9 Å². The van der Waals surface area contributed by atoms with Crippen molar-refractivity contribution in [1.82, 2.24) is 15.5 Å². The van der Waals surface area contributed by atoms with Crippen molar-refractivity contribution in [2.75, 3.05) is 0 Å². The molecule has 1 heterocycles. The Kier molecular flexibility index (Phi) is 6.72. The molecule has 1 N–H and O–H groups in total. The Hall–Kier alpha value is -4.01. The highest BCUT2D eigenvalue weighted by Crippen LogP contribution is 2.32. The Balaban J connectivity index is 1.57. The lowest BCUT2D eigenvalue weighted by Gasteiger charge is -2.15. The zero-order valence-corrected chi connectivity index (χ0v) is 17.7. The van der Waals surface area contributed by atoms with Crippen LogP contribution in [-0.2, 0) is 23.8 Å². The number of nitrogens with zero attached hydrogens (tertiary/aromatic N) is 2. The highest BCUT2D eigenvalue weighted by Gasteiger charge is 2.31. The van der Waals surface area contributed by atoms with Gasteiger partial charge < -0.3 is 9.84 Å². The molecular formula is C25H19F4N3O2. The summed E-state index contributed by atoms with van der Waals surface area (Å²) in [6, 6.07) is 18.7. The molecule has 0 saturated carbocycles. The fourth-order valence-corrected chi connectivity index (χ4v) is 3.41. The predicted molar refractivity (Wildman–Crippen MR) is 116 cm³/mol. The molecule has 4 aromatic rings. The predicted octanol–water partition coefficient (Wildman–Crippen LogP) is 5.54. The van der Waals surface area contributed by atoms with Gasteiger partial charge in [0.25, 0.3) is 0 Å². The van der Waals surface area contributed by atoms with Crippen molar-refractivity contribution in [3.8, 4) is 11.4 Å². The first-order chi connectivity index (χ1) is 16.3. The van der Waals surface area contributed by atoms with Crippen LogP contribution in [0.15, 0.2) is 83.4 Å². The average molecular weight is 469 g/mol. The van der Waals surface area contributed by atoms with Crippen LogP contribution in [0.5, 0.6) is 0 Å². The van der Waals surface area contributed by atoms with E-state index in [2.05, 4.69) is 15.5 Å². The van der Waals surface area contributed by atoms with E-state index in [0.29, 0.717) is 12.0 Å². The van der Waals surface area contributed by atoms with Gasteiger partial charge in [0.2, 0.25) is 17.6 Å². The summed E-state index contributed by atoms with van der Waals surface area (Å²) >= 11 is 0. The number of carbonyl (C=O) groups excluding carboxylic acids is 1. The largest absolute Gasteiger partial charge is 0.416 e. The molecule has 0 aliphatic carbocycles.